The summed E-state index contributed by atoms with van der Waals surface area (Å²) in [5.41, 5.74) is 6.87. The summed E-state index contributed by atoms with van der Waals surface area (Å²) in [6, 6.07) is 11.7. The van der Waals surface area contributed by atoms with E-state index in [0.717, 1.165) is 22.3 Å². The average Bonchev–Trinajstić information content (AvgIpc) is 3.06. The molecule has 1 aromatic carbocycles. The van der Waals surface area contributed by atoms with Crippen molar-refractivity contribution in [1.82, 2.24) is 4.98 Å². The zero-order valence-corrected chi connectivity index (χ0v) is 11.3. The van der Waals surface area contributed by atoms with E-state index >= 15 is 0 Å². The second-order valence-electron chi connectivity index (χ2n) is 4.40. The normalized spacial score (nSPS) is 11.1. The summed E-state index contributed by atoms with van der Waals surface area (Å²) in [5.74, 6) is 12.4. The number of nitrogens with zero attached hydrogens (tertiary/aromatic N) is 1. The van der Waals surface area contributed by atoms with E-state index in [1.165, 1.54) is 0 Å². The van der Waals surface area contributed by atoms with Gasteiger partial charge in [-0.2, -0.15) is 0 Å². The lowest BCUT2D eigenvalue weighted by Crippen LogP contribution is -1.79. The van der Waals surface area contributed by atoms with Crippen molar-refractivity contribution in [2.24, 2.45) is 0 Å². The van der Waals surface area contributed by atoms with Crippen molar-refractivity contribution in [2.45, 2.75) is 0 Å². The molecule has 0 fully saturated rings. The van der Waals surface area contributed by atoms with Crippen LogP contribution < -0.4 is 0 Å². The van der Waals surface area contributed by atoms with Crippen molar-refractivity contribution < 1.29 is 0 Å². The van der Waals surface area contributed by atoms with Gasteiger partial charge in [0.1, 0.15) is 0 Å². The van der Waals surface area contributed by atoms with E-state index in [9.17, 15) is 0 Å². The minimum Gasteiger partial charge on any atom is -0.265 e. The number of pyridine rings is 1. The summed E-state index contributed by atoms with van der Waals surface area (Å²) >= 11 is 0. The third-order valence-corrected chi connectivity index (χ3v) is 2.86. The Hall–Kier alpha value is -3.25. The largest absolute Gasteiger partial charge is 0.265 e. The molecular formula is C20H11N. The highest BCUT2D eigenvalue weighted by atomic mass is 14.6. The molecular weight excluding hydrogens is 254 g/mol. The highest BCUT2D eigenvalue weighted by Crippen LogP contribution is 2.04. The smallest absolute Gasteiger partial charge is 0.0667 e. The molecule has 1 heteroatoms. The maximum absolute atomic E-state index is 3.97. The number of benzene rings is 1. The molecule has 1 aliphatic carbocycles. The number of allylic oxidation sites excluding steroid dienone is 3. The Morgan fingerprint density at radius 2 is 1.29 bits per heavy atom. The average molecular weight is 265 g/mol. The molecule has 1 heterocycles. The third kappa shape index (κ3) is 3.62. The van der Waals surface area contributed by atoms with Gasteiger partial charge in [-0.25, -0.2) is 0 Å². The number of rotatable bonds is 0. The van der Waals surface area contributed by atoms with E-state index in [4.69, 9.17) is 0 Å². The SMILES string of the molecule is C1=CC=CC=1C#Cc1ccc(C#Cc2ccncc2)cc1. The molecule has 21 heavy (non-hydrogen) atoms. The minimum atomic E-state index is 0.913. The van der Waals surface area contributed by atoms with Crippen LogP contribution in [0.3, 0.4) is 0 Å². The van der Waals surface area contributed by atoms with Crippen LogP contribution in [0.15, 0.2) is 78.3 Å². The second-order valence-corrected chi connectivity index (χ2v) is 4.40. The van der Waals surface area contributed by atoms with Crippen LogP contribution in [0.5, 0.6) is 0 Å². The summed E-state index contributed by atoms with van der Waals surface area (Å²) in [7, 11) is 0. The van der Waals surface area contributed by atoms with Gasteiger partial charge in [0.25, 0.3) is 0 Å². The molecule has 0 aliphatic heterocycles. The molecule has 0 saturated carbocycles. The molecule has 0 amide bonds. The Morgan fingerprint density at radius 1 is 0.714 bits per heavy atom. The van der Waals surface area contributed by atoms with Crippen LogP contribution >= 0.6 is 0 Å². The highest BCUT2D eigenvalue weighted by Gasteiger charge is 1.90. The van der Waals surface area contributed by atoms with E-state index < -0.39 is 0 Å². The molecule has 3 rings (SSSR count). The predicted octanol–water partition coefficient (Wildman–Crippen LogP) is 3.48. The van der Waals surface area contributed by atoms with Gasteiger partial charge >= 0.3 is 0 Å². The monoisotopic (exact) mass is 265 g/mol. The molecule has 0 atom stereocenters. The fraction of sp³-hybridized carbons (Fsp3) is 0. The van der Waals surface area contributed by atoms with Crippen molar-refractivity contribution in [3.63, 3.8) is 0 Å². The minimum absolute atomic E-state index is 0.913. The molecule has 96 valence electrons. The van der Waals surface area contributed by atoms with Gasteiger partial charge < -0.3 is 0 Å². The van der Waals surface area contributed by atoms with E-state index in [-0.39, 0.29) is 0 Å². The molecule has 0 saturated heterocycles. The van der Waals surface area contributed by atoms with E-state index in [0.29, 0.717) is 0 Å². The highest BCUT2D eigenvalue weighted by molar-refractivity contribution is 5.49. The first-order valence-corrected chi connectivity index (χ1v) is 6.58. The van der Waals surface area contributed by atoms with Crippen LogP contribution in [-0.4, -0.2) is 4.98 Å². The summed E-state index contributed by atoms with van der Waals surface area (Å²) in [4.78, 5) is 3.97. The second kappa shape index (κ2) is 6.27. The van der Waals surface area contributed by atoms with Crippen molar-refractivity contribution in [1.29, 1.82) is 0 Å². The van der Waals surface area contributed by atoms with Gasteiger partial charge in [-0.1, -0.05) is 29.8 Å². The third-order valence-electron chi connectivity index (χ3n) is 2.86. The number of hydrogen-bond donors (Lipinski definition) is 0. The van der Waals surface area contributed by atoms with Crippen molar-refractivity contribution in [3.05, 3.63) is 95.0 Å². The lowest BCUT2D eigenvalue weighted by Gasteiger charge is -1.92. The standard InChI is InChI=1S/C20H11N/c1-2-4-17(3-1)5-6-18-7-9-19(10-8-18)11-12-20-13-15-21-16-14-20/h1-3,7-10,13-16H. The lowest BCUT2D eigenvalue weighted by molar-refractivity contribution is 1.32. The zero-order valence-electron chi connectivity index (χ0n) is 11.3. The topological polar surface area (TPSA) is 12.9 Å². The lowest BCUT2D eigenvalue weighted by atomic mass is 10.1. The number of aromatic nitrogens is 1. The molecule has 0 radical (unpaired) electrons. The predicted molar refractivity (Wildman–Crippen MR) is 84.3 cm³/mol. The van der Waals surface area contributed by atoms with E-state index in [2.05, 4.69) is 34.4 Å². The van der Waals surface area contributed by atoms with Crippen LogP contribution in [-0.2, 0) is 0 Å². The molecule has 1 aromatic heterocycles. The van der Waals surface area contributed by atoms with Crippen LogP contribution in [0.25, 0.3) is 0 Å². The molecule has 1 nitrogen and oxygen atoms in total. The van der Waals surface area contributed by atoms with Crippen molar-refractivity contribution in [3.8, 4) is 23.7 Å². The van der Waals surface area contributed by atoms with Crippen molar-refractivity contribution in [2.75, 3.05) is 0 Å². The first-order chi connectivity index (χ1) is 10.4. The Labute approximate surface area is 124 Å². The zero-order chi connectivity index (χ0) is 14.3. The molecule has 0 N–H and O–H groups in total. The van der Waals surface area contributed by atoms with Gasteiger partial charge in [-0.15, -0.1) is 5.73 Å². The van der Waals surface area contributed by atoms with Gasteiger partial charge in [-0.05, 0) is 48.6 Å². The Balaban J connectivity index is 1.74. The maximum atomic E-state index is 3.97. The van der Waals surface area contributed by atoms with Gasteiger partial charge in [0.05, 0.1) is 5.57 Å². The van der Waals surface area contributed by atoms with Crippen LogP contribution in [0.2, 0.25) is 0 Å². The van der Waals surface area contributed by atoms with E-state index in [1.807, 2.05) is 54.6 Å². The quantitative estimate of drug-likeness (QED) is 0.525. The molecule has 1 aliphatic rings. The van der Waals surface area contributed by atoms with Crippen molar-refractivity contribution >= 4 is 0 Å². The molecule has 0 unspecified atom stereocenters. The molecule has 0 spiro atoms. The van der Waals surface area contributed by atoms with Crippen LogP contribution in [0, 0.1) is 23.7 Å². The maximum Gasteiger partial charge on any atom is 0.0667 e. The van der Waals surface area contributed by atoms with Gasteiger partial charge in [0.15, 0.2) is 0 Å². The van der Waals surface area contributed by atoms with Gasteiger partial charge in [0, 0.05) is 29.1 Å². The Bertz CT molecular complexity index is 855. The first-order valence-electron chi connectivity index (χ1n) is 6.58. The fourth-order valence-corrected chi connectivity index (χ4v) is 1.76. The van der Waals surface area contributed by atoms with Gasteiger partial charge in [0.2, 0.25) is 0 Å². The summed E-state index contributed by atoms with van der Waals surface area (Å²) in [6.07, 6.45) is 9.22. The molecule has 2 aromatic rings. The summed E-state index contributed by atoms with van der Waals surface area (Å²) < 4.78 is 0. The Morgan fingerprint density at radius 3 is 1.86 bits per heavy atom. The Kier molecular flexibility index (Phi) is 3.81. The summed E-state index contributed by atoms with van der Waals surface area (Å²) in [6.45, 7) is 0. The summed E-state index contributed by atoms with van der Waals surface area (Å²) in [5, 5.41) is 0. The van der Waals surface area contributed by atoms with Crippen LogP contribution in [0.1, 0.15) is 16.7 Å². The fourth-order valence-electron chi connectivity index (χ4n) is 1.76. The first kappa shape index (κ1) is 12.8. The van der Waals surface area contributed by atoms with E-state index in [1.54, 1.807) is 12.4 Å². The molecule has 0 bridgehead atoms. The number of hydrogen-bond acceptors (Lipinski definition) is 1. The van der Waals surface area contributed by atoms with Gasteiger partial charge in [-0.3, -0.25) is 4.98 Å². The van der Waals surface area contributed by atoms with Crippen LogP contribution in [0.4, 0.5) is 0 Å².